The lowest BCUT2D eigenvalue weighted by atomic mass is 10.0. The molecular weight excluding hydrogens is 422 g/mol. The number of benzene rings is 1. The highest BCUT2D eigenvalue weighted by molar-refractivity contribution is 5.73. The van der Waals surface area contributed by atoms with Gasteiger partial charge in [-0.2, -0.15) is 0 Å². The summed E-state index contributed by atoms with van der Waals surface area (Å²) in [5.41, 5.74) is 9.01. The first-order chi connectivity index (χ1) is 15.9. The number of piperidine rings is 1. The molecule has 0 radical (unpaired) electrons. The minimum absolute atomic E-state index is 0.0778. The molecule has 0 spiro atoms. The zero-order valence-corrected chi connectivity index (χ0v) is 19.9. The van der Waals surface area contributed by atoms with Crippen LogP contribution in [0.4, 0.5) is 5.82 Å². The molecule has 9 nitrogen and oxygen atoms in total. The molecule has 1 aliphatic heterocycles. The Morgan fingerprint density at radius 1 is 1.39 bits per heavy atom. The zero-order valence-electron chi connectivity index (χ0n) is 19.9. The molecule has 33 heavy (non-hydrogen) atoms. The normalized spacial score (nSPS) is 17.4. The molecule has 1 aliphatic rings. The van der Waals surface area contributed by atoms with E-state index in [9.17, 15) is 9.90 Å². The van der Waals surface area contributed by atoms with Crippen molar-refractivity contribution in [2.24, 2.45) is 11.7 Å². The van der Waals surface area contributed by atoms with E-state index in [0.717, 1.165) is 37.1 Å². The van der Waals surface area contributed by atoms with Crippen LogP contribution in [0.5, 0.6) is 11.5 Å². The molecule has 1 aromatic heterocycles. The highest BCUT2D eigenvalue weighted by atomic mass is 16.5. The fraction of sp³-hybridized carbons (Fsp3) is 0.542. The second-order valence-corrected chi connectivity index (χ2v) is 8.48. The maximum absolute atomic E-state index is 12.0. The number of esters is 1. The fourth-order valence-electron chi connectivity index (χ4n) is 4.30. The molecule has 0 bridgehead atoms. The van der Waals surface area contributed by atoms with Gasteiger partial charge >= 0.3 is 5.97 Å². The van der Waals surface area contributed by atoms with Gasteiger partial charge in [0.1, 0.15) is 17.2 Å². The number of ether oxygens (including phenoxy) is 2. The summed E-state index contributed by atoms with van der Waals surface area (Å²) in [6.07, 6.45) is 2.02. The van der Waals surface area contributed by atoms with Crippen molar-refractivity contribution in [3.8, 4) is 22.8 Å². The van der Waals surface area contributed by atoms with Gasteiger partial charge in [-0.1, -0.05) is 6.92 Å². The molecule has 2 unspecified atom stereocenters. The lowest BCUT2D eigenvalue weighted by Gasteiger charge is -2.34. The number of carbonyl (C=O) groups excluding carboxylic acids is 1. The monoisotopic (exact) mass is 457 g/mol. The molecule has 180 valence electrons. The van der Waals surface area contributed by atoms with E-state index in [1.165, 1.54) is 0 Å². The van der Waals surface area contributed by atoms with Crippen LogP contribution >= 0.6 is 0 Å². The van der Waals surface area contributed by atoms with E-state index in [0.29, 0.717) is 42.5 Å². The summed E-state index contributed by atoms with van der Waals surface area (Å²) in [6.45, 7) is 8.79. The SMILES string of the molecule is CCOC(=O)C(C)CN1CCCC(Nc2nnc(-c3ccc(OC)cc3O)c(C)c2CN)C1. The summed E-state index contributed by atoms with van der Waals surface area (Å²) in [4.78, 5) is 14.3. The standard InChI is InChI=1S/C24H35N5O4/c1-5-33-24(31)15(2)13-29-10-6-7-17(14-29)26-23-20(12-25)16(3)22(27-28-23)19-9-8-18(32-4)11-21(19)30/h8-9,11,15,17,30H,5-7,10,12-14,25H2,1-4H3,(H,26,28). The van der Waals surface area contributed by atoms with Gasteiger partial charge < -0.3 is 30.5 Å². The first-order valence-electron chi connectivity index (χ1n) is 11.5. The third-order valence-corrected chi connectivity index (χ3v) is 6.08. The maximum atomic E-state index is 12.0. The first kappa shape index (κ1) is 24.7. The van der Waals surface area contributed by atoms with Crippen molar-refractivity contribution in [2.75, 3.05) is 38.7 Å². The zero-order chi connectivity index (χ0) is 24.0. The third-order valence-electron chi connectivity index (χ3n) is 6.08. The van der Waals surface area contributed by atoms with Crippen LogP contribution in [0, 0.1) is 12.8 Å². The maximum Gasteiger partial charge on any atom is 0.309 e. The first-order valence-corrected chi connectivity index (χ1v) is 11.5. The minimum Gasteiger partial charge on any atom is -0.507 e. The summed E-state index contributed by atoms with van der Waals surface area (Å²) in [5, 5.41) is 22.8. The van der Waals surface area contributed by atoms with Crippen LogP contribution in [0.3, 0.4) is 0 Å². The largest absolute Gasteiger partial charge is 0.507 e. The van der Waals surface area contributed by atoms with E-state index in [4.69, 9.17) is 15.2 Å². The number of carbonyl (C=O) groups is 1. The van der Waals surface area contributed by atoms with Crippen molar-refractivity contribution in [2.45, 2.75) is 46.2 Å². The summed E-state index contributed by atoms with van der Waals surface area (Å²) < 4.78 is 10.3. The van der Waals surface area contributed by atoms with Gasteiger partial charge in [-0.3, -0.25) is 4.79 Å². The number of hydrogen-bond acceptors (Lipinski definition) is 9. The molecule has 3 rings (SSSR count). The minimum atomic E-state index is -0.165. The molecule has 9 heteroatoms. The van der Waals surface area contributed by atoms with Gasteiger partial charge in [0.15, 0.2) is 5.82 Å². The van der Waals surface area contributed by atoms with E-state index in [2.05, 4.69) is 20.4 Å². The Bertz CT molecular complexity index is 968. The van der Waals surface area contributed by atoms with Gasteiger partial charge in [0, 0.05) is 42.9 Å². The molecular formula is C24H35N5O4. The van der Waals surface area contributed by atoms with Gasteiger partial charge in [0.05, 0.1) is 19.6 Å². The molecule has 2 atom stereocenters. The van der Waals surface area contributed by atoms with E-state index in [1.807, 2.05) is 20.8 Å². The molecule has 1 aromatic carbocycles. The van der Waals surface area contributed by atoms with E-state index in [-0.39, 0.29) is 23.7 Å². The Labute approximate surface area is 195 Å². The number of anilines is 1. The number of rotatable bonds is 9. The Kier molecular flexibility index (Phi) is 8.46. The molecule has 0 saturated carbocycles. The second kappa shape index (κ2) is 11.3. The number of likely N-dealkylation sites (tertiary alicyclic amines) is 1. The van der Waals surface area contributed by atoms with Crippen LogP contribution in [0.1, 0.15) is 37.8 Å². The van der Waals surface area contributed by atoms with Crippen LogP contribution in [0.15, 0.2) is 18.2 Å². The van der Waals surface area contributed by atoms with Crippen LogP contribution in [0.25, 0.3) is 11.3 Å². The van der Waals surface area contributed by atoms with Crippen molar-refractivity contribution in [3.63, 3.8) is 0 Å². The quantitative estimate of drug-likeness (QED) is 0.488. The third kappa shape index (κ3) is 5.91. The smallest absolute Gasteiger partial charge is 0.309 e. The molecule has 1 saturated heterocycles. The van der Waals surface area contributed by atoms with E-state index < -0.39 is 0 Å². The lowest BCUT2D eigenvalue weighted by molar-refractivity contribution is -0.148. The summed E-state index contributed by atoms with van der Waals surface area (Å²) in [5.74, 6) is 0.989. The number of nitrogens with two attached hydrogens (primary N) is 1. The predicted octanol–water partition coefficient (Wildman–Crippen LogP) is 2.70. The van der Waals surface area contributed by atoms with Crippen LogP contribution < -0.4 is 15.8 Å². The molecule has 0 aliphatic carbocycles. The van der Waals surface area contributed by atoms with Gasteiger partial charge in [-0.05, 0) is 50.9 Å². The Morgan fingerprint density at radius 3 is 2.85 bits per heavy atom. The molecule has 4 N–H and O–H groups in total. The van der Waals surface area contributed by atoms with E-state index >= 15 is 0 Å². The number of nitrogens with one attached hydrogen (secondary N) is 1. The van der Waals surface area contributed by atoms with Gasteiger partial charge in [0.25, 0.3) is 0 Å². The van der Waals surface area contributed by atoms with Crippen molar-refractivity contribution in [1.29, 1.82) is 0 Å². The average Bonchev–Trinajstić information content (AvgIpc) is 2.80. The van der Waals surface area contributed by atoms with Crippen LogP contribution in [0.2, 0.25) is 0 Å². The van der Waals surface area contributed by atoms with Gasteiger partial charge in [-0.25, -0.2) is 0 Å². The van der Waals surface area contributed by atoms with Crippen molar-refractivity contribution >= 4 is 11.8 Å². The fourth-order valence-corrected chi connectivity index (χ4v) is 4.30. The number of hydrogen-bond donors (Lipinski definition) is 3. The highest BCUT2D eigenvalue weighted by Gasteiger charge is 2.25. The van der Waals surface area contributed by atoms with Crippen molar-refractivity contribution in [3.05, 3.63) is 29.3 Å². The molecule has 0 amide bonds. The number of phenols is 1. The van der Waals surface area contributed by atoms with Crippen LogP contribution in [-0.2, 0) is 16.1 Å². The number of aromatic nitrogens is 2. The molecule has 2 heterocycles. The summed E-state index contributed by atoms with van der Waals surface area (Å²) in [6, 6.07) is 5.27. The number of aromatic hydroxyl groups is 1. The Balaban J connectivity index is 1.74. The van der Waals surface area contributed by atoms with Gasteiger partial charge in [-0.15, -0.1) is 10.2 Å². The van der Waals surface area contributed by atoms with Crippen molar-refractivity contribution < 1.29 is 19.4 Å². The molecule has 1 fully saturated rings. The molecule has 2 aromatic rings. The Morgan fingerprint density at radius 2 is 2.18 bits per heavy atom. The van der Waals surface area contributed by atoms with Gasteiger partial charge in [0.2, 0.25) is 0 Å². The highest BCUT2D eigenvalue weighted by Crippen LogP contribution is 2.35. The Hall–Kier alpha value is -2.91. The van der Waals surface area contributed by atoms with Crippen LogP contribution in [-0.4, -0.2) is 65.6 Å². The predicted molar refractivity (Wildman–Crippen MR) is 127 cm³/mol. The number of nitrogens with zero attached hydrogens (tertiary/aromatic N) is 3. The average molecular weight is 458 g/mol. The number of phenolic OH excluding ortho intramolecular Hbond substituents is 1. The van der Waals surface area contributed by atoms with E-state index in [1.54, 1.807) is 25.3 Å². The topological polar surface area (TPSA) is 123 Å². The summed E-state index contributed by atoms with van der Waals surface area (Å²) in [7, 11) is 1.55. The lowest BCUT2D eigenvalue weighted by Crippen LogP contribution is -2.45. The summed E-state index contributed by atoms with van der Waals surface area (Å²) >= 11 is 0. The second-order valence-electron chi connectivity index (χ2n) is 8.48. The van der Waals surface area contributed by atoms with Crippen molar-refractivity contribution in [1.82, 2.24) is 15.1 Å². The number of methoxy groups -OCH3 is 1.